The molecule has 0 radical (unpaired) electrons. The van der Waals surface area contributed by atoms with Gasteiger partial charge in [0.1, 0.15) is 18.5 Å². The van der Waals surface area contributed by atoms with Gasteiger partial charge in [0.25, 0.3) is 5.91 Å². The van der Waals surface area contributed by atoms with Gasteiger partial charge in [-0.05, 0) is 44.9 Å². The molecule has 1 aromatic carbocycles. The molecular formula is C21H30N4O5. The summed E-state index contributed by atoms with van der Waals surface area (Å²) in [6.07, 6.45) is 1.20. The second-order valence-electron chi connectivity index (χ2n) is 8.01. The van der Waals surface area contributed by atoms with Crippen molar-refractivity contribution in [2.24, 2.45) is 0 Å². The second-order valence-corrected chi connectivity index (χ2v) is 8.01. The van der Waals surface area contributed by atoms with E-state index >= 15 is 0 Å². The van der Waals surface area contributed by atoms with Crippen LogP contribution in [0.1, 0.15) is 43.5 Å². The molecule has 2 aliphatic heterocycles. The second kappa shape index (κ2) is 9.34. The molecule has 0 aromatic heterocycles. The summed E-state index contributed by atoms with van der Waals surface area (Å²) >= 11 is 0. The Bertz CT molecular complexity index is 813. The van der Waals surface area contributed by atoms with Crippen LogP contribution in [0.25, 0.3) is 0 Å². The summed E-state index contributed by atoms with van der Waals surface area (Å²) < 4.78 is 12.0. The number of likely N-dealkylation sites (N-methyl/N-ethyl adjacent to an activating group) is 1. The van der Waals surface area contributed by atoms with Crippen LogP contribution in [0.15, 0.2) is 18.2 Å². The molecule has 0 aliphatic carbocycles. The zero-order valence-corrected chi connectivity index (χ0v) is 17.9. The Balaban J connectivity index is 1.76. The molecule has 4 amide bonds. The van der Waals surface area contributed by atoms with Gasteiger partial charge in [0.2, 0.25) is 5.91 Å². The Morgan fingerprint density at radius 3 is 2.73 bits per heavy atom. The number of carbonyl (C=O) groups excluding carboxylic acids is 3. The average molecular weight is 418 g/mol. The van der Waals surface area contributed by atoms with Gasteiger partial charge >= 0.3 is 6.03 Å². The highest BCUT2D eigenvalue weighted by Crippen LogP contribution is 2.32. The summed E-state index contributed by atoms with van der Waals surface area (Å²) in [7, 11) is 3.36. The molecule has 0 spiro atoms. The number of amides is 4. The summed E-state index contributed by atoms with van der Waals surface area (Å²) in [6.45, 7) is 4.02. The zero-order chi connectivity index (χ0) is 21.8. The van der Waals surface area contributed by atoms with Crippen molar-refractivity contribution in [1.29, 1.82) is 0 Å². The Labute approximate surface area is 176 Å². The van der Waals surface area contributed by atoms with Gasteiger partial charge in [-0.15, -0.1) is 0 Å². The third-order valence-corrected chi connectivity index (χ3v) is 5.38. The van der Waals surface area contributed by atoms with E-state index in [9.17, 15) is 14.4 Å². The number of hydrogen-bond donors (Lipinski definition) is 3. The van der Waals surface area contributed by atoms with E-state index in [2.05, 4.69) is 16.0 Å². The topological polar surface area (TPSA) is 109 Å². The predicted molar refractivity (Wildman–Crippen MR) is 112 cm³/mol. The molecule has 3 atom stereocenters. The molecular weight excluding hydrogens is 388 g/mol. The van der Waals surface area contributed by atoms with Gasteiger partial charge in [-0.2, -0.15) is 0 Å². The Morgan fingerprint density at radius 1 is 1.27 bits per heavy atom. The first-order chi connectivity index (χ1) is 14.3. The number of hydrogen-bond acceptors (Lipinski definition) is 5. The highest BCUT2D eigenvalue weighted by molar-refractivity contribution is 5.99. The molecule has 3 rings (SSSR count). The SMILES string of the molecule is CNC(=O)C[C@@H]1CC[C@@H]2[C@@H](COc3ccc(NC(=O)NC(C)C)cc3C(=O)N2C)O1. The number of anilines is 1. The largest absolute Gasteiger partial charge is 0.490 e. The van der Waals surface area contributed by atoms with Crippen molar-refractivity contribution in [2.45, 2.75) is 57.4 Å². The fraction of sp³-hybridized carbons (Fsp3) is 0.571. The molecule has 2 heterocycles. The molecule has 2 aliphatic rings. The van der Waals surface area contributed by atoms with Crippen LogP contribution in [0.4, 0.5) is 10.5 Å². The summed E-state index contributed by atoms with van der Waals surface area (Å²) in [6, 6.07) is 4.53. The minimum absolute atomic E-state index is 0.000834. The van der Waals surface area contributed by atoms with Gasteiger partial charge in [-0.25, -0.2) is 4.79 Å². The zero-order valence-electron chi connectivity index (χ0n) is 17.9. The van der Waals surface area contributed by atoms with Crippen molar-refractivity contribution in [3.8, 4) is 5.75 Å². The number of fused-ring (bicyclic) bond motifs is 2. The normalized spacial score (nSPS) is 23.4. The Morgan fingerprint density at radius 2 is 2.03 bits per heavy atom. The summed E-state index contributed by atoms with van der Waals surface area (Å²) in [5.74, 6) is 0.180. The summed E-state index contributed by atoms with van der Waals surface area (Å²) in [4.78, 5) is 38.5. The van der Waals surface area contributed by atoms with E-state index in [0.29, 0.717) is 29.8 Å². The van der Waals surface area contributed by atoms with Crippen LogP contribution in [0.5, 0.6) is 5.75 Å². The summed E-state index contributed by atoms with van der Waals surface area (Å²) in [5.41, 5.74) is 0.908. The number of nitrogens with one attached hydrogen (secondary N) is 3. The van der Waals surface area contributed by atoms with E-state index in [4.69, 9.17) is 9.47 Å². The monoisotopic (exact) mass is 418 g/mol. The lowest BCUT2D eigenvalue weighted by Crippen LogP contribution is -2.53. The van der Waals surface area contributed by atoms with Crippen LogP contribution in [-0.4, -0.2) is 67.7 Å². The van der Waals surface area contributed by atoms with Crippen molar-refractivity contribution in [3.05, 3.63) is 23.8 Å². The van der Waals surface area contributed by atoms with E-state index in [1.165, 1.54) is 0 Å². The van der Waals surface area contributed by atoms with Gasteiger partial charge in [0.05, 0.1) is 24.1 Å². The molecule has 1 saturated heterocycles. The van der Waals surface area contributed by atoms with Crippen molar-refractivity contribution in [3.63, 3.8) is 0 Å². The quantitative estimate of drug-likeness (QED) is 0.690. The van der Waals surface area contributed by atoms with Crippen molar-refractivity contribution in [1.82, 2.24) is 15.5 Å². The lowest BCUT2D eigenvalue weighted by atomic mass is 9.94. The van der Waals surface area contributed by atoms with Gasteiger partial charge < -0.3 is 30.3 Å². The van der Waals surface area contributed by atoms with Crippen LogP contribution < -0.4 is 20.7 Å². The number of ether oxygens (including phenoxy) is 2. The summed E-state index contributed by atoms with van der Waals surface area (Å²) in [5, 5.41) is 8.11. The minimum Gasteiger partial charge on any atom is -0.490 e. The molecule has 0 unspecified atom stereocenters. The van der Waals surface area contributed by atoms with Crippen molar-refractivity contribution in [2.75, 3.05) is 26.0 Å². The number of nitrogens with zero attached hydrogens (tertiary/aromatic N) is 1. The molecule has 0 saturated carbocycles. The van der Waals surface area contributed by atoms with Gasteiger partial charge in [-0.3, -0.25) is 9.59 Å². The fourth-order valence-electron chi connectivity index (χ4n) is 3.84. The molecule has 9 nitrogen and oxygen atoms in total. The minimum atomic E-state index is -0.333. The van der Waals surface area contributed by atoms with Crippen LogP contribution >= 0.6 is 0 Å². The van der Waals surface area contributed by atoms with E-state index < -0.39 is 0 Å². The highest BCUT2D eigenvalue weighted by Gasteiger charge is 2.39. The highest BCUT2D eigenvalue weighted by atomic mass is 16.5. The maximum atomic E-state index is 13.2. The third kappa shape index (κ3) is 5.02. The van der Waals surface area contributed by atoms with E-state index in [-0.39, 0.29) is 48.7 Å². The van der Waals surface area contributed by atoms with Crippen LogP contribution in [0.2, 0.25) is 0 Å². The Hall–Kier alpha value is -2.81. The van der Waals surface area contributed by atoms with Crippen LogP contribution in [0.3, 0.4) is 0 Å². The third-order valence-electron chi connectivity index (χ3n) is 5.38. The van der Waals surface area contributed by atoms with E-state index in [0.717, 1.165) is 6.42 Å². The molecule has 1 aromatic rings. The number of urea groups is 1. The molecule has 9 heteroatoms. The van der Waals surface area contributed by atoms with Gasteiger partial charge in [0.15, 0.2) is 0 Å². The smallest absolute Gasteiger partial charge is 0.319 e. The average Bonchev–Trinajstić information content (AvgIpc) is 2.70. The van der Waals surface area contributed by atoms with Gasteiger partial charge in [-0.1, -0.05) is 0 Å². The number of carbonyl (C=O) groups is 3. The van der Waals surface area contributed by atoms with Crippen molar-refractivity contribution < 1.29 is 23.9 Å². The predicted octanol–water partition coefficient (Wildman–Crippen LogP) is 1.73. The fourth-order valence-corrected chi connectivity index (χ4v) is 3.84. The molecule has 3 N–H and O–H groups in total. The van der Waals surface area contributed by atoms with Crippen molar-refractivity contribution >= 4 is 23.5 Å². The van der Waals surface area contributed by atoms with Crippen LogP contribution in [-0.2, 0) is 9.53 Å². The molecule has 0 bridgehead atoms. The lowest BCUT2D eigenvalue weighted by Gasteiger charge is -2.42. The first-order valence-electron chi connectivity index (χ1n) is 10.3. The molecule has 30 heavy (non-hydrogen) atoms. The Kier molecular flexibility index (Phi) is 6.81. The van der Waals surface area contributed by atoms with Gasteiger partial charge in [0, 0.05) is 25.8 Å². The lowest BCUT2D eigenvalue weighted by molar-refractivity contribution is -0.133. The first-order valence-corrected chi connectivity index (χ1v) is 10.3. The molecule has 1 fully saturated rings. The number of rotatable bonds is 4. The van der Waals surface area contributed by atoms with Crippen LogP contribution in [0, 0.1) is 0 Å². The van der Waals surface area contributed by atoms with E-state index in [1.54, 1.807) is 37.2 Å². The first kappa shape index (κ1) is 21.9. The standard InChI is InChI=1S/C21H30N4O5/c1-12(2)23-21(28)24-13-5-8-17-15(9-13)20(27)25(4)16-7-6-14(10-19(26)22-3)30-18(16)11-29-17/h5,8-9,12,14,16,18H,6-7,10-11H2,1-4H3,(H,22,26)(H2,23,24,28)/t14-,16+,18+/m0/s1. The van der Waals surface area contributed by atoms with E-state index in [1.807, 2.05) is 13.8 Å². The maximum Gasteiger partial charge on any atom is 0.319 e. The maximum absolute atomic E-state index is 13.2. The molecule has 164 valence electrons. The number of benzene rings is 1.